The molecule has 0 saturated carbocycles. The number of carboxylic acid groups (broad SMARTS) is 1. The van der Waals surface area contributed by atoms with E-state index in [1.54, 1.807) is 29.2 Å². The maximum Gasteiger partial charge on any atom is 0.304 e. The Morgan fingerprint density at radius 1 is 0.739 bits per heavy atom. The minimum absolute atomic E-state index is 0.0424. The van der Waals surface area contributed by atoms with E-state index < -0.39 is 5.97 Å². The number of carbonyl (C=O) groups is 3. The molecule has 2 aromatic carbocycles. The summed E-state index contributed by atoms with van der Waals surface area (Å²) in [7, 11) is 1.82. The lowest BCUT2D eigenvalue weighted by atomic mass is 10.0. The van der Waals surface area contributed by atoms with Crippen LogP contribution in [-0.2, 0) is 9.59 Å². The lowest BCUT2D eigenvalue weighted by molar-refractivity contribution is -0.137. The monoisotopic (exact) mass is 635 g/mol. The van der Waals surface area contributed by atoms with Gasteiger partial charge in [0.15, 0.2) is 0 Å². The number of unbranched alkanes of at least 4 members (excludes halogenated alkanes) is 13. The predicted molar refractivity (Wildman–Crippen MR) is 187 cm³/mol. The molecule has 46 heavy (non-hydrogen) atoms. The Bertz CT molecular complexity index is 1170. The second kappa shape index (κ2) is 23.7. The van der Waals surface area contributed by atoms with Crippen LogP contribution in [0.4, 0.5) is 17.1 Å². The average Bonchev–Trinajstić information content (AvgIpc) is 3.05. The number of carbonyl (C=O) groups excluding carboxylic acids is 2. The molecule has 0 aliphatic carbocycles. The van der Waals surface area contributed by atoms with E-state index in [1.807, 2.05) is 31.3 Å². The molecule has 4 N–H and O–H groups in total. The first-order valence-electron chi connectivity index (χ1n) is 17.4. The van der Waals surface area contributed by atoms with Crippen LogP contribution in [0, 0.1) is 0 Å². The predicted octanol–water partition coefficient (Wildman–Crippen LogP) is 9.25. The number of benzene rings is 2. The number of nitrogens with zero attached hydrogens (tertiary/aromatic N) is 3. The molecule has 9 nitrogen and oxygen atoms in total. The van der Waals surface area contributed by atoms with Gasteiger partial charge in [0.1, 0.15) is 0 Å². The molecule has 9 heteroatoms. The van der Waals surface area contributed by atoms with Crippen LogP contribution in [0.5, 0.6) is 0 Å². The van der Waals surface area contributed by atoms with Crippen molar-refractivity contribution in [3.63, 3.8) is 0 Å². The molecule has 0 aliphatic heterocycles. The number of azo groups is 1. The first-order chi connectivity index (χ1) is 22.3. The number of nitrogens with one attached hydrogen (secondary N) is 1. The van der Waals surface area contributed by atoms with Crippen LogP contribution in [0.1, 0.15) is 133 Å². The van der Waals surface area contributed by atoms with Crippen molar-refractivity contribution in [2.45, 2.75) is 129 Å². The number of hydrogen-bond acceptors (Lipinski definition) is 6. The van der Waals surface area contributed by atoms with E-state index >= 15 is 0 Å². The summed E-state index contributed by atoms with van der Waals surface area (Å²) in [5, 5.41) is 20.2. The third-order valence-electron chi connectivity index (χ3n) is 8.24. The SMILES string of the molecule is CCCCCCCCCCCCCCCC(=O)N(C)c1ccc(N=Nc2ccc(C(=O)NCCCCC(N)CC(=O)O)cc2)cc1. The Balaban J connectivity index is 1.62. The zero-order valence-corrected chi connectivity index (χ0v) is 28.2. The fraction of sp³-hybridized carbons (Fsp3) is 0.595. The third kappa shape index (κ3) is 17.2. The molecule has 0 bridgehead atoms. The van der Waals surface area contributed by atoms with E-state index in [0.717, 1.165) is 31.4 Å². The van der Waals surface area contributed by atoms with Gasteiger partial charge in [0.2, 0.25) is 5.91 Å². The van der Waals surface area contributed by atoms with E-state index in [4.69, 9.17) is 10.8 Å². The van der Waals surface area contributed by atoms with Gasteiger partial charge in [-0.15, -0.1) is 0 Å². The molecule has 0 heterocycles. The fourth-order valence-electron chi connectivity index (χ4n) is 5.31. The highest BCUT2D eigenvalue weighted by Gasteiger charge is 2.11. The molecule has 1 atom stereocenters. The molecule has 0 radical (unpaired) electrons. The zero-order valence-electron chi connectivity index (χ0n) is 28.2. The number of anilines is 1. The first kappa shape index (κ1) is 38.6. The first-order valence-corrected chi connectivity index (χ1v) is 17.4. The van der Waals surface area contributed by atoms with E-state index in [-0.39, 0.29) is 24.3 Å². The van der Waals surface area contributed by atoms with Crippen LogP contribution < -0.4 is 16.0 Å². The number of carboxylic acids is 1. The Kier molecular flexibility index (Phi) is 19.9. The summed E-state index contributed by atoms with van der Waals surface area (Å²) >= 11 is 0. The lowest BCUT2D eigenvalue weighted by Gasteiger charge is -2.17. The summed E-state index contributed by atoms with van der Waals surface area (Å²) in [6.45, 7) is 2.76. The van der Waals surface area contributed by atoms with Gasteiger partial charge in [-0.3, -0.25) is 14.4 Å². The van der Waals surface area contributed by atoms with E-state index in [0.29, 0.717) is 36.3 Å². The summed E-state index contributed by atoms with van der Waals surface area (Å²) in [5.41, 5.74) is 8.41. The molecule has 254 valence electrons. The Morgan fingerprint density at radius 2 is 1.24 bits per heavy atom. The van der Waals surface area contributed by atoms with Crippen molar-refractivity contribution in [3.05, 3.63) is 54.1 Å². The molecule has 2 rings (SSSR count). The topological polar surface area (TPSA) is 137 Å². The van der Waals surface area contributed by atoms with Crippen molar-refractivity contribution in [1.82, 2.24) is 5.32 Å². The molecular weight excluding hydrogens is 578 g/mol. The van der Waals surface area contributed by atoms with Gasteiger partial charge in [-0.1, -0.05) is 90.4 Å². The molecule has 0 spiro atoms. The quantitative estimate of drug-likeness (QED) is 0.0737. The highest BCUT2D eigenvalue weighted by Crippen LogP contribution is 2.23. The van der Waals surface area contributed by atoms with Gasteiger partial charge in [0.05, 0.1) is 17.8 Å². The highest BCUT2D eigenvalue weighted by molar-refractivity contribution is 5.94. The van der Waals surface area contributed by atoms with Gasteiger partial charge < -0.3 is 21.1 Å². The molecule has 0 aliphatic rings. The number of hydrogen-bond donors (Lipinski definition) is 3. The van der Waals surface area contributed by atoms with E-state index in [1.165, 1.54) is 70.6 Å². The normalized spacial score (nSPS) is 11.9. The summed E-state index contributed by atoms with van der Waals surface area (Å²) < 4.78 is 0. The number of amides is 2. The van der Waals surface area contributed by atoms with Crippen LogP contribution in [0.15, 0.2) is 58.8 Å². The van der Waals surface area contributed by atoms with Crippen molar-refractivity contribution in [2.24, 2.45) is 16.0 Å². The number of rotatable bonds is 25. The van der Waals surface area contributed by atoms with Gasteiger partial charge in [-0.2, -0.15) is 10.2 Å². The summed E-state index contributed by atoms with van der Waals surface area (Å²) in [4.78, 5) is 37.5. The van der Waals surface area contributed by atoms with Crippen LogP contribution in [0.3, 0.4) is 0 Å². The van der Waals surface area contributed by atoms with Gasteiger partial charge in [0.25, 0.3) is 5.91 Å². The largest absolute Gasteiger partial charge is 0.481 e. The Morgan fingerprint density at radius 3 is 1.76 bits per heavy atom. The number of nitrogens with two attached hydrogens (primary N) is 1. The third-order valence-corrected chi connectivity index (χ3v) is 8.24. The molecular formula is C37H57N5O4. The number of aliphatic carboxylic acids is 1. The van der Waals surface area contributed by atoms with E-state index in [2.05, 4.69) is 22.5 Å². The second-order valence-corrected chi connectivity index (χ2v) is 12.3. The lowest BCUT2D eigenvalue weighted by Crippen LogP contribution is -2.26. The van der Waals surface area contributed by atoms with Crippen LogP contribution in [0.2, 0.25) is 0 Å². The molecule has 0 fully saturated rings. The Labute approximate surface area is 276 Å². The average molecular weight is 636 g/mol. The standard InChI is InChI=1S/C37H57N5O4/c1-3-4-5-6-7-8-9-10-11-12-13-14-15-19-35(43)42(2)34-26-24-33(25-27-34)41-40-32-22-20-30(21-23-32)37(46)39-28-17-16-18-31(38)29-36(44)45/h20-27,31H,3-19,28-29,38H2,1-2H3,(H,39,46)(H,44,45). The zero-order chi connectivity index (χ0) is 33.4. The van der Waals surface area contributed by atoms with Gasteiger partial charge in [-0.25, -0.2) is 0 Å². The van der Waals surface area contributed by atoms with Crippen LogP contribution >= 0.6 is 0 Å². The van der Waals surface area contributed by atoms with Gasteiger partial charge >= 0.3 is 5.97 Å². The van der Waals surface area contributed by atoms with Crippen molar-refractivity contribution >= 4 is 34.8 Å². The van der Waals surface area contributed by atoms with Crippen molar-refractivity contribution in [3.8, 4) is 0 Å². The molecule has 0 aromatic heterocycles. The highest BCUT2D eigenvalue weighted by atomic mass is 16.4. The summed E-state index contributed by atoms with van der Waals surface area (Å²) in [5.74, 6) is -0.948. The van der Waals surface area contributed by atoms with Gasteiger partial charge in [0, 0.05) is 37.3 Å². The molecule has 2 aromatic rings. The fourth-order valence-corrected chi connectivity index (χ4v) is 5.31. The molecule has 1 unspecified atom stereocenters. The van der Waals surface area contributed by atoms with Crippen molar-refractivity contribution in [1.29, 1.82) is 0 Å². The Hall–Kier alpha value is -3.59. The van der Waals surface area contributed by atoms with Crippen molar-refractivity contribution < 1.29 is 19.5 Å². The van der Waals surface area contributed by atoms with Crippen molar-refractivity contribution in [2.75, 3.05) is 18.5 Å². The minimum Gasteiger partial charge on any atom is -0.481 e. The maximum atomic E-state index is 12.7. The van der Waals surface area contributed by atoms with Crippen LogP contribution in [0.25, 0.3) is 0 Å². The smallest absolute Gasteiger partial charge is 0.304 e. The molecule has 0 saturated heterocycles. The van der Waals surface area contributed by atoms with Crippen LogP contribution in [-0.4, -0.2) is 42.5 Å². The van der Waals surface area contributed by atoms with Gasteiger partial charge in [-0.05, 0) is 67.8 Å². The van der Waals surface area contributed by atoms with E-state index in [9.17, 15) is 14.4 Å². The summed E-state index contributed by atoms with van der Waals surface area (Å²) in [6.07, 6.45) is 19.4. The summed E-state index contributed by atoms with van der Waals surface area (Å²) in [6, 6.07) is 13.9. The second-order valence-electron chi connectivity index (χ2n) is 12.3. The molecule has 2 amide bonds. The minimum atomic E-state index is -0.895. The maximum absolute atomic E-state index is 12.7.